The Morgan fingerprint density at radius 3 is 2.69 bits per heavy atom. The van der Waals surface area contributed by atoms with Crippen molar-refractivity contribution in [3.8, 4) is 0 Å². The third kappa shape index (κ3) is 5.91. The van der Waals surface area contributed by atoms with Crippen molar-refractivity contribution < 1.29 is 14.7 Å². The molecule has 7 nitrogen and oxygen atoms in total. The van der Waals surface area contributed by atoms with E-state index in [1.165, 1.54) is 18.0 Å². The molecule has 0 bridgehead atoms. The highest BCUT2D eigenvalue weighted by Gasteiger charge is 2.14. The van der Waals surface area contributed by atoms with Crippen molar-refractivity contribution in [1.29, 1.82) is 0 Å². The minimum Gasteiger partial charge on any atom is -0.390 e. The highest BCUT2D eigenvalue weighted by Crippen LogP contribution is 2.20. The minimum atomic E-state index is -0.251. The smallest absolute Gasteiger partial charge is 0.240 e. The highest BCUT2D eigenvalue weighted by atomic mass is 35.5. The van der Waals surface area contributed by atoms with Crippen LogP contribution in [-0.4, -0.2) is 38.8 Å². The number of nitrogens with zero attached hydrogens (tertiary/aromatic N) is 2. The number of aromatic nitrogens is 2. The van der Waals surface area contributed by atoms with Gasteiger partial charge in [-0.1, -0.05) is 29.4 Å². The fourth-order valence-corrected chi connectivity index (χ4v) is 2.97. The standard InChI is InChI=1S/C17H19ClN4O3S/c1-2-7-19-15(24)9-22-14(10-23)8-20-17(22)26-11-16(25)21-13-5-3-12(18)4-6-13/h2-6,8,23H,1,7,9-11H2,(H,19,24)(H,21,25). The number of aliphatic hydroxyl groups is 1. The maximum atomic E-state index is 12.1. The molecule has 0 saturated heterocycles. The number of anilines is 1. The number of benzene rings is 1. The van der Waals surface area contributed by atoms with E-state index in [-0.39, 0.29) is 30.7 Å². The second kappa shape index (κ2) is 10.0. The van der Waals surface area contributed by atoms with Crippen molar-refractivity contribution in [2.45, 2.75) is 18.3 Å². The Hall–Kier alpha value is -2.29. The van der Waals surface area contributed by atoms with E-state index >= 15 is 0 Å². The van der Waals surface area contributed by atoms with E-state index in [9.17, 15) is 14.7 Å². The monoisotopic (exact) mass is 394 g/mol. The summed E-state index contributed by atoms with van der Waals surface area (Å²) in [7, 11) is 0. The number of nitrogens with one attached hydrogen (secondary N) is 2. The van der Waals surface area contributed by atoms with E-state index in [1.54, 1.807) is 34.9 Å². The van der Waals surface area contributed by atoms with Gasteiger partial charge in [0.2, 0.25) is 11.8 Å². The fourth-order valence-electron chi connectivity index (χ4n) is 2.05. The van der Waals surface area contributed by atoms with Gasteiger partial charge in [0, 0.05) is 17.3 Å². The van der Waals surface area contributed by atoms with Gasteiger partial charge in [-0.2, -0.15) is 0 Å². The molecule has 2 aromatic rings. The van der Waals surface area contributed by atoms with Gasteiger partial charge in [-0.05, 0) is 24.3 Å². The van der Waals surface area contributed by atoms with Crippen molar-refractivity contribution in [3.05, 3.63) is 53.8 Å². The third-order valence-electron chi connectivity index (χ3n) is 3.27. The Balaban J connectivity index is 1.96. The van der Waals surface area contributed by atoms with Crippen molar-refractivity contribution in [1.82, 2.24) is 14.9 Å². The van der Waals surface area contributed by atoms with Crippen molar-refractivity contribution in [3.63, 3.8) is 0 Å². The molecule has 9 heteroatoms. The second-order valence-electron chi connectivity index (χ2n) is 5.21. The molecule has 2 rings (SSSR count). The Bertz CT molecular complexity index is 777. The van der Waals surface area contributed by atoms with Crippen molar-refractivity contribution in [2.24, 2.45) is 0 Å². The van der Waals surface area contributed by atoms with Crippen LogP contribution in [0.25, 0.3) is 0 Å². The summed E-state index contributed by atoms with van der Waals surface area (Å²) in [6.07, 6.45) is 3.07. The van der Waals surface area contributed by atoms with Crippen LogP contribution >= 0.6 is 23.4 Å². The molecule has 1 aromatic carbocycles. The zero-order valence-corrected chi connectivity index (χ0v) is 15.5. The molecule has 0 aliphatic rings. The molecule has 0 fully saturated rings. The molecule has 0 aliphatic heterocycles. The average molecular weight is 395 g/mol. The third-order valence-corrected chi connectivity index (χ3v) is 4.51. The second-order valence-corrected chi connectivity index (χ2v) is 6.59. The van der Waals surface area contributed by atoms with Gasteiger partial charge in [-0.25, -0.2) is 4.98 Å². The summed E-state index contributed by atoms with van der Waals surface area (Å²) in [5.74, 6) is -0.336. The van der Waals surface area contributed by atoms with Gasteiger partial charge < -0.3 is 20.3 Å². The van der Waals surface area contributed by atoms with E-state index < -0.39 is 0 Å². The van der Waals surface area contributed by atoms with Gasteiger partial charge in [0.25, 0.3) is 0 Å². The summed E-state index contributed by atoms with van der Waals surface area (Å²) in [4.78, 5) is 28.2. The van der Waals surface area contributed by atoms with E-state index in [4.69, 9.17) is 11.6 Å². The number of hydrogen-bond acceptors (Lipinski definition) is 5. The number of carbonyl (C=O) groups is 2. The number of aliphatic hydroxyl groups excluding tert-OH is 1. The van der Waals surface area contributed by atoms with Crippen LogP contribution in [0.5, 0.6) is 0 Å². The number of amides is 2. The van der Waals surface area contributed by atoms with Crippen LogP contribution in [0, 0.1) is 0 Å². The summed E-state index contributed by atoms with van der Waals surface area (Å²) in [6, 6.07) is 6.79. The lowest BCUT2D eigenvalue weighted by atomic mass is 10.3. The topological polar surface area (TPSA) is 96.2 Å². The molecular weight excluding hydrogens is 376 g/mol. The molecule has 3 N–H and O–H groups in total. The average Bonchev–Trinajstić information content (AvgIpc) is 3.01. The number of thioether (sulfide) groups is 1. The number of hydrogen-bond donors (Lipinski definition) is 3. The molecule has 2 amide bonds. The molecule has 0 saturated carbocycles. The summed E-state index contributed by atoms with van der Waals surface area (Å²) < 4.78 is 1.58. The lowest BCUT2D eigenvalue weighted by molar-refractivity contribution is -0.121. The predicted octanol–water partition coefficient (Wildman–Crippen LogP) is 2.06. The Morgan fingerprint density at radius 1 is 1.31 bits per heavy atom. The molecule has 0 unspecified atom stereocenters. The van der Waals surface area contributed by atoms with E-state index in [0.717, 1.165) is 0 Å². The first kappa shape index (κ1) is 20.0. The van der Waals surface area contributed by atoms with Gasteiger partial charge in [-0.3, -0.25) is 9.59 Å². The summed E-state index contributed by atoms with van der Waals surface area (Å²) in [5.41, 5.74) is 1.14. The van der Waals surface area contributed by atoms with Crippen LogP contribution in [0.4, 0.5) is 5.69 Å². The Morgan fingerprint density at radius 2 is 2.04 bits per heavy atom. The minimum absolute atomic E-state index is 0.00483. The van der Waals surface area contributed by atoms with Crippen LogP contribution in [-0.2, 0) is 22.7 Å². The number of carbonyl (C=O) groups excluding carboxylic acids is 2. The van der Waals surface area contributed by atoms with Crippen LogP contribution in [0.3, 0.4) is 0 Å². The predicted molar refractivity (Wildman–Crippen MR) is 102 cm³/mol. The lowest BCUT2D eigenvalue weighted by Gasteiger charge is -2.10. The molecule has 26 heavy (non-hydrogen) atoms. The first-order valence-electron chi connectivity index (χ1n) is 7.74. The lowest BCUT2D eigenvalue weighted by Crippen LogP contribution is -2.28. The quantitative estimate of drug-likeness (QED) is 0.447. The maximum Gasteiger partial charge on any atom is 0.240 e. The van der Waals surface area contributed by atoms with Gasteiger partial charge in [-0.15, -0.1) is 6.58 Å². The SMILES string of the molecule is C=CCNC(=O)Cn1c(CO)cnc1SCC(=O)Nc1ccc(Cl)cc1. The number of rotatable bonds is 9. The number of halogens is 1. The van der Waals surface area contributed by atoms with Crippen LogP contribution in [0.15, 0.2) is 48.3 Å². The molecule has 1 aromatic heterocycles. The summed E-state index contributed by atoms with van der Waals surface area (Å²) in [6.45, 7) is 3.65. The molecule has 0 radical (unpaired) electrons. The summed E-state index contributed by atoms with van der Waals surface area (Å²) >= 11 is 6.99. The molecular formula is C17H19ClN4O3S. The molecule has 1 heterocycles. The normalized spacial score (nSPS) is 10.4. The maximum absolute atomic E-state index is 12.1. The molecule has 0 spiro atoms. The first-order chi connectivity index (χ1) is 12.5. The molecule has 138 valence electrons. The van der Waals surface area contributed by atoms with Gasteiger partial charge in [0.05, 0.1) is 24.3 Å². The van der Waals surface area contributed by atoms with Crippen LogP contribution in [0.2, 0.25) is 5.02 Å². The largest absolute Gasteiger partial charge is 0.390 e. The van der Waals surface area contributed by atoms with Gasteiger partial charge >= 0.3 is 0 Å². The van der Waals surface area contributed by atoms with Gasteiger partial charge in [0.15, 0.2) is 5.16 Å². The highest BCUT2D eigenvalue weighted by molar-refractivity contribution is 7.99. The van der Waals surface area contributed by atoms with Crippen molar-refractivity contribution in [2.75, 3.05) is 17.6 Å². The number of imidazole rings is 1. The Labute approximate surface area is 160 Å². The van der Waals surface area contributed by atoms with Crippen LogP contribution < -0.4 is 10.6 Å². The molecule has 0 aliphatic carbocycles. The Kier molecular flexibility index (Phi) is 7.71. The van der Waals surface area contributed by atoms with E-state index in [2.05, 4.69) is 22.2 Å². The zero-order valence-electron chi connectivity index (χ0n) is 13.9. The van der Waals surface area contributed by atoms with Gasteiger partial charge in [0.1, 0.15) is 6.54 Å². The first-order valence-corrected chi connectivity index (χ1v) is 9.11. The van der Waals surface area contributed by atoms with Crippen molar-refractivity contribution >= 4 is 40.9 Å². The summed E-state index contributed by atoms with van der Waals surface area (Å²) in [5, 5.41) is 15.9. The van der Waals surface area contributed by atoms with Crippen LogP contribution in [0.1, 0.15) is 5.69 Å². The van der Waals surface area contributed by atoms with E-state index in [1.807, 2.05) is 0 Å². The van der Waals surface area contributed by atoms with E-state index in [0.29, 0.717) is 28.1 Å². The fraction of sp³-hybridized carbons (Fsp3) is 0.235. The zero-order chi connectivity index (χ0) is 18.9. The molecule has 0 atom stereocenters.